The Morgan fingerprint density at radius 2 is 1.91 bits per heavy atom. The Hall–Kier alpha value is -3.33. The largest absolute Gasteiger partial charge is 0.495 e. The fourth-order valence-electron chi connectivity index (χ4n) is 3.23. The number of nitrogens with zero attached hydrogens (tertiary/aromatic N) is 3. The zero-order chi connectivity index (χ0) is 23.3. The molecule has 0 unspecified atom stereocenters. The smallest absolute Gasteiger partial charge is 0.252 e. The molecule has 0 aliphatic carbocycles. The van der Waals surface area contributed by atoms with Crippen LogP contribution in [0.4, 0.5) is 5.69 Å². The predicted octanol–water partition coefficient (Wildman–Crippen LogP) is 3.66. The fraction of sp³-hybridized carbons (Fsp3) is 0.304. The quantitative estimate of drug-likeness (QED) is 0.505. The molecule has 2 aromatic carbocycles. The number of benzene rings is 2. The maximum atomic E-state index is 12.6. The van der Waals surface area contributed by atoms with Crippen LogP contribution in [0, 0.1) is 13.8 Å². The normalized spacial score (nSPS) is 11.7. The van der Waals surface area contributed by atoms with Gasteiger partial charge in [0.15, 0.2) is 11.0 Å². The molecule has 0 fully saturated rings. The average Bonchev–Trinajstić information content (AvgIpc) is 3.13. The summed E-state index contributed by atoms with van der Waals surface area (Å²) in [4.78, 5) is 25.0. The first-order valence-corrected chi connectivity index (χ1v) is 11.1. The second-order valence-electron chi connectivity index (χ2n) is 7.45. The molecule has 0 aliphatic rings. The van der Waals surface area contributed by atoms with E-state index in [0.29, 0.717) is 28.0 Å². The number of hydrogen-bond donors (Lipinski definition) is 2. The SMILES string of the molecule is COc1ccc(C)cc1NC(=O)CSc1nnc([C@@H](C)NC(=O)c2ccccc2C)n1C. The van der Waals surface area contributed by atoms with Crippen molar-refractivity contribution in [1.82, 2.24) is 20.1 Å². The van der Waals surface area contributed by atoms with Crippen molar-refractivity contribution in [2.24, 2.45) is 7.05 Å². The first-order chi connectivity index (χ1) is 15.3. The molecule has 0 saturated heterocycles. The van der Waals surface area contributed by atoms with Crippen LogP contribution in [0.5, 0.6) is 5.75 Å². The van der Waals surface area contributed by atoms with Gasteiger partial charge in [-0.05, 0) is 50.1 Å². The van der Waals surface area contributed by atoms with Gasteiger partial charge in [0.25, 0.3) is 5.91 Å². The third-order valence-electron chi connectivity index (χ3n) is 4.95. The van der Waals surface area contributed by atoms with Gasteiger partial charge in [-0.15, -0.1) is 10.2 Å². The standard InChI is InChI=1S/C23H27N5O3S/c1-14-10-11-19(31-5)18(12-14)25-20(29)13-32-23-27-26-21(28(23)4)16(3)24-22(30)17-9-7-6-8-15(17)2/h6-12,16H,13H2,1-5H3,(H,24,30)(H,25,29)/t16-/m1/s1. The third-order valence-corrected chi connectivity index (χ3v) is 5.97. The average molecular weight is 454 g/mol. The molecule has 0 saturated carbocycles. The van der Waals surface area contributed by atoms with Crippen molar-refractivity contribution in [2.45, 2.75) is 32.0 Å². The molecule has 3 aromatic rings. The number of amides is 2. The highest BCUT2D eigenvalue weighted by Crippen LogP contribution is 2.26. The molecule has 1 heterocycles. The number of ether oxygens (including phenoxy) is 1. The fourth-order valence-corrected chi connectivity index (χ4v) is 3.95. The molecule has 1 atom stereocenters. The van der Waals surface area contributed by atoms with Gasteiger partial charge in [-0.1, -0.05) is 36.0 Å². The maximum Gasteiger partial charge on any atom is 0.252 e. The summed E-state index contributed by atoms with van der Waals surface area (Å²) < 4.78 is 7.09. The number of carbonyl (C=O) groups is 2. The first kappa shape index (κ1) is 23.3. The molecule has 0 bridgehead atoms. The molecule has 3 rings (SSSR count). The molecule has 2 N–H and O–H groups in total. The van der Waals surface area contributed by atoms with Gasteiger partial charge in [0, 0.05) is 12.6 Å². The monoisotopic (exact) mass is 453 g/mol. The Labute approximate surface area is 191 Å². The van der Waals surface area contributed by atoms with E-state index < -0.39 is 0 Å². The van der Waals surface area contributed by atoms with Crippen LogP contribution in [0.1, 0.15) is 40.3 Å². The molecule has 0 aliphatic heterocycles. The van der Waals surface area contributed by atoms with Crippen LogP contribution in [0.15, 0.2) is 47.6 Å². The lowest BCUT2D eigenvalue weighted by Gasteiger charge is -2.14. The van der Waals surface area contributed by atoms with Crippen LogP contribution in [0.2, 0.25) is 0 Å². The summed E-state index contributed by atoms with van der Waals surface area (Å²) in [6, 6.07) is 12.7. The summed E-state index contributed by atoms with van der Waals surface area (Å²) in [5.74, 6) is 1.03. The molecular formula is C23H27N5O3S. The van der Waals surface area contributed by atoms with Crippen LogP contribution in [0.25, 0.3) is 0 Å². The van der Waals surface area contributed by atoms with E-state index in [2.05, 4.69) is 20.8 Å². The summed E-state index contributed by atoms with van der Waals surface area (Å²) in [6.07, 6.45) is 0. The van der Waals surface area contributed by atoms with E-state index in [9.17, 15) is 9.59 Å². The number of aryl methyl sites for hydroxylation is 2. The zero-order valence-electron chi connectivity index (χ0n) is 18.8. The van der Waals surface area contributed by atoms with E-state index in [-0.39, 0.29) is 23.6 Å². The lowest BCUT2D eigenvalue weighted by atomic mass is 10.1. The van der Waals surface area contributed by atoms with Crippen molar-refractivity contribution in [3.63, 3.8) is 0 Å². The molecule has 1 aromatic heterocycles. The van der Waals surface area contributed by atoms with Crippen LogP contribution >= 0.6 is 11.8 Å². The zero-order valence-corrected chi connectivity index (χ0v) is 19.6. The number of methoxy groups -OCH3 is 1. The highest BCUT2D eigenvalue weighted by Gasteiger charge is 2.20. The number of aromatic nitrogens is 3. The van der Waals surface area contributed by atoms with Gasteiger partial charge >= 0.3 is 0 Å². The number of thioether (sulfide) groups is 1. The molecule has 2 amide bonds. The Morgan fingerprint density at radius 1 is 1.16 bits per heavy atom. The van der Waals surface area contributed by atoms with Crippen molar-refractivity contribution < 1.29 is 14.3 Å². The molecular weight excluding hydrogens is 426 g/mol. The van der Waals surface area contributed by atoms with Gasteiger partial charge in [0.2, 0.25) is 5.91 Å². The highest BCUT2D eigenvalue weighted by atomic mass is 32.2. The lowest BCUT2D eigenvalue weighted by molar-refractivity contribution is -0.113. The molecule has 9 heteroatoms. The van der Waals surface area contributed by atoms with Crippen molar-refractivity contribution in [1.29, 1.82) is 0 Å². The molecule has 32 heavy (non-hydrogen) atoms. The second-order valence-corrected chi connectivity index (χ2v) is 8.39. The van der Waals surface area contributed by atoms with Crippen molar-refractivity contribution in [3.05, 3.63) is 65.0 Å². The minimum absolute atomic E-state index is 0.160. The van der Waals surface area contributed by atoms with Crippen molar-refractivity contribution >= 4 is 29.3 Å². The number of anilines is 1. The maximum absolute atomic E-state index is 12.6. The van der Waals surface area contributed by atoms with E-state index in [1.165, 1.54) is 11.8 Å². The van der Waals surface area contributed by atoms with E-state index in [1.54, 1.807) is 17.7 Å². The number of carbonyl (C=O) groups excluding carboxylic acids is 2. The van der Waals surface area contributed by atoms with E-state index in [4.69, 9.17) is 4.74 Å². The van der Waals surface area contributed by atoms with Gasteiger partial charge in [-0.3, -0.25) is 9.59 Å². The van der Waals surface area contributed by atoms with Crippen molar-refractivity contribution in [3.8, 4) is 5.75 Å². The lowest BCUT2D eigenvalue weighted by Crippen LogP contribution is -2.29. The highest BCUT2D eigenvalue weighted by molar-refractivity contribution is 7.99. The van der Waals surface area contributed by atoms with Gasteiger partial charge in [0.05, 0.1) is 24.6 Å². The molecule has 0 radical (unpaired) electrons. The summed E-state index contributed by atoms with van der Waals surface area (Å²) in [7, 11) is 3.38. The minimum atomic E-state index is -0.348. The summed E-state index contributed by atoms with van der Waals surface area (Å²) >= 11 is 1.27. The number of rotatable bonds is 8. The van der Waals surface area contributed by atoms with Gasteiger partial charge in [0.1, 0.15) is 5.75 Å². The van der Waals surface area contributed by atoms with Gasteiger partial charge < -0.3 is 19.9 Å². The Kier molecular flexibility index (Phi) is 7.53. The van der Waals surface area contributed by atoms with Gasteiger partial charge in [-0.2, -0.15) is 0 Å². The van der Waals surface area contributed by atoms with Crippen LogP contribution in [-0.2, 0) is 11.8 Å². The van der Waals surface area contributed by atoms with Crippen LogP contribution < -0.4 is 15.4 Å². The molecule has 8 nitrogen and oxygen atoms in total. The van der Waals surface area contributed by atoms with Crippen LogP contribution in [0.3, 0.4) is 0 Å². The Balaban J connectivity index is 1.61. The Morgan fingerprint density at radius 3 is 2.62 bits per heavy atom. The topological polar surface area (TPSA) is 98.1 Å². The van der Waals surface area contributed by atoms with E-state index >= 15 is 0 Å². The van der Waals surface area contributed by atoms with Crippen LogP contribution in [-0.4, -0.2) is 39.4 Å². The predicted molar refractivity (Wildman–Crippen MR) is 125 cm³/mol. The first-order valence-electron chi connectivity index (χ1n) is 10.1. The second kappa shape index (κ2) is 10.3. The van der Waals surface area contributed by atoms with Gasteiger partial charge in [-0.25, -0.2) is 0 Å². The van der Waals surface area contributed by atoms with E-state index in [1.807, 2.05) is 64.2 Å². The molecule has 168 valence electrons. The number of nitrogens with one attached hydrogen (secondary N) is 2. The molecule has 0 spiro atoms. The summed E-state index contributed by atoms with van der Waals surface area (Å²) in [6.45, 7) is 5.70. The minimum Gasteiger partial charge on any atom is -0.495 e. The number of hydrogen-bond acceptors (Lipinski definition) is 6. The Bertz CT molecular complexity index is 1130. The summed E-state index contributed by atoms with van der Waals surface area (Å²) in [5.41, 5.74) is 3.18. The van der Waals surface area contributed by atoms with Crippen molar-refractivity contribution in [2.75, 3.05) is 18.2 Å². The third kappa shape index (κ3) is 5.47. The van der Waals surface area contributed by atoms with E-state index in [0.717, 1.165) is 11.1 Å². The summed E-state index contributed by atoms with van der Waals surface area (Å²) in [5, 5.41) is 14.8.